The fourth-order valence-corrected chi connectivity index (χ4v) is 2.33. The lowest BCUT2D eigenvalue weighted by molar-refractivity contribution is 0.101. The average molecular weight is 230 g/mol. The van der Waals surface area contributed by atoms with Crippen molar-refractivity contribution in [1.29, 1.82) is 0 Å². The fourth-order valence-electron chi connectivity index (χ4n) is 2.33. The predicted molar refractivity (Wildman–Crippen MR) is 70.4 cm³/mol. The first-order valence-electron chi connectivity index (χ1n) is 5.85. The van der Waals surface area contributed by atoms with Gasteiger partial charge < -0.3 is 10.3 Å². The van der Waals surface area contributed by atoms with Crippen molar-refractivity contribution in [3.8, 4) is 0 Å². The zero-order valence-corrected chi connectivity index (χ0v) is 10.6. The summed E-state index contributed by atoms with van der Waals surface area (Å²) in [5.41, 5.74) is 10.1. The maximum atomic E-state index is 11.4. The van der Waals surface area contributed by atoms with Gasteiger partial charge in [0.25, 0.3) is 0 Å². The van der Waals surface area contributed by atoms with Gasteiger partial charge in [-0.3, -0.25) is 4.79 Å². The topological polar surface area (TPSA) is 48.0 Å². The van der Waals surface area contributed by atoms with Gasteiger partial charge in [0.15, 0.2) is 5.78 Å². The highest BCUT2D eigenvalue weighted by Gasteiger charge is 2.12. The number of benzene rings is 1. The van der Waals surface area contributed by atoms with Gasteiger partial charge in [0.1, 0.15) is 0 Å². The second-order valence-electron chi connectivity index (χ2n) is 4.45. The summed E-state index contributed by atoms with van der Waals surface area (Å²) in [5, 5.41) is 1.16. The van der Waals surface area contributed by atoms with Crippen LogP contribution in [-0.2, 0) is 13.5 Å². The number of nitrogens with zero attached hydrogens (tertiary/aromatic N) is 1. The van der Waals surface area contributed by atoms with Crippen LogP contribution in [0.3, 0.4) is 0 Å². The summed E-state index contributed by atoms with van der Waals surface area (Å²) in [6.45, 7) is 4.32. The van der Waals surface area contributed by atoms with Crippen LogP contribution in [0.5, 0.6) is 0 Å². The molecule has 3 nitrogen and oxygen atoms in total. The van der Waals surface area contributed by atoms with Crippen molar-refractivity contribution in [2.75, 3.05) is 6.54 Å². The van der Waals surface area contributed by atoms with Crippen LogP contribution in [0.15, 0.2) is 18.2 Å². The second kappa shape index (κ2) is 4.34. The van der Waals surface area contributed by atoms with Gasteiger partial charge in [-0.05, 0) is 50.6 Å². The standard InChI is InChI=1S/C14H18N2O/c1-9-12(6-7-15)13-8-11(10(2)17)4-5-14(13)16(9)3/h4-5,8H,6-7,15H2,1-3H3. The van der Waals surface area contributed by atoms with Gasteiger partial charge in [0, 0.05) is 29.2 Å². The van der Waals surface area contributed by atoms with Crippen molar-refractivity contribution < 1.29 is 4.79 Å². The molecular weight excluding hydrogens is 212 g/mol. The monoisotopic (exact) mass is 230 g/mol. The molecule has 0 fully saturated rings. The number of nitrogens with two attached hydrogens (primary N) is 1. The fraction of sp³-hybridized carbons (Fsp3) is 0.357. The molecule has 0 spiro atoms. The number of hydrogen-bond acceptors (Lipinski definition) is 2. The Morgan fingerprint density at radius 1 is 1.41 bits per heavy atom. The number of hydrogen-bond donors (Lipinski definition) is 1. The van der Waals surface area contributed by atoms with Gasteiger partial charge >= 0.3 is 0 Å². The van der Waals surface area contributed by atoms with E-state index in [1.165, 1.54) is 11.3 Å². The van der Waals surface area contributed by atoms with Crippen molar-refractivity contribution in [2.24, 2.45) is 12.8 Å². The van der Waals surface area contributed by atoms with Gasteiger partial charge in [-0.15, -0.1) is 0 Å². The van der Waals surface area contributed by atoms with E-state index < -0.39 is 0 Å². The number of aryl methyl sites for hydroxylation is 1. The van der Waals surface area contributed by atoms with Crippen LogP contribution in [0.25, 0.3) is 10.9 Å². The van der Waals surface area contributed by atoms with E-state index in [1.54, 1.807) is 6.92 Å². The van der Waals surface area contributed by atoms with E-state index in [0.717, 1.165) is 22.9 Å². The molecule has 0 saturated heterocycles. The molecule has 3 heteroatoms. The van der Waals surface area contributed by atoms with E-state index in [-0.39, 0.29) is 5.78 Å². The van der Waals surface area contributed by atoms with Crippen LogP contribution in [0, 0.1) is 6.92 Å². The summed E-state index contributed by atoms with van der Waals surface area (Å²) in [6, 6.07) is 5.88. The van der Waals surface area contributed by atoms with Gasteiger partial charge in [-0.2, -0.15) is 0 Å². The molecule has 0 amide bonds. The molecule has 1 aromatic carbocycles. The molecule has 0 aliphatic heterocycles. The maximum absolute atomic E-state index is 11.4. The summed E-state index contributed by atoms with van der Waals surface area (Å²) < 4.78 is 2.16. The highest BCUT2D eigenvalue weighted by Crippen LogP contribution is 2.26. The Balaban J connectivity index is 2.73. The van der Waals surface area contributed by atoms with Gasteiger partial charge in [-0.1, -0.05) is 0 Å². The zero-order chi connectivity index (χ0) is 12.6. The molecule has 2 aromatic rings. The molecule has 2 rings (SSSR count). The Morgan fingerprint density at radius 3 is 2.71 bits per heavy atom. The Labute approximate surface area is 101 Å². The second-order valence-corrected chi connectivity index (χ2v) is 4.45. The molecule has 0 radical (unpaired) electrons. The van der Waals surface area contributed by atoms with E-state index in [4.69, 9.17) is 5.73 Å². The minimum Gasteiger partial charge on any atom is -0.348 e. The molecule has 17 heavy (non-hydrogen) atoms. The SMILES string of the molecule is CC(=O)c1ccc2c(c1)c(CCN)c(C)n2C. The van der Waals surface area contributed by atoms with Gasteiger partial charge in [-0.25, -0.2) is 0 Å². The first-order valence-corrected chi connectivity index (χ1v) is 5.85. The molecule has 90 valence electrons. The van der Waals surface area contributed by atoms with Crippen molar-refractivity contribution in [3.63, 3.8) is 0 Å². The lowest BCUT2D eigenvalue weighted by Crippen LogP contribution is -2.04. The van der Waals surface area contributed by atoms with E-state index >= 15 is 0 Å². The van der Waals surface area contributed by atoms with Crippen molar-refractivity contribution in [1.82, 2.24) is 4.57 Å². The summed E-state index contributed by atoms with van der Waals surface area (Å²) in [5.74, 6) is 0.104. The van der Waals surface area contributed by atoms with E-state index in [0.29, 0.717) is 6.54 Å². The van der Waals surface area contributed by atoms with E-state index in [2.05, 4.69) is 11.5 Å². The maximum Gasteiger partial charge on any atom is 0.159 e. The number of aromatic nitrogens is 1. The van der Waals surface area contributed by atoms with Gasteiger partial charge in [0.05, 0.1) is 0 Å². The minimum atomic E-state index is 0.104. The van der Waals surface area contributed by atoms with Crippen LogP contribution < -0.4 is 5.73 Å². The van der Waals surface area contributed by atoms with Crippen molar-refractivity contribution >= 4 is 16.7 Å². The van der Waals surface area contributed by atoms with Crippen LogP contribution in [0.1, 0.15) is 28.5 Å². The quantitative estimate of drug-likeness (QED) is 0.822. The molecule has 0 aliphatic carbocycles. The Bertz CT molecular complexity index is 581. The van der Waals surface area contributed by atoms with Crippen LogP contribution in [0.2, 0.25) is 0 Å². The number of fused-ring (bicyclic) bond motifs is 1. The number of Topliss-reactive ketones (excluding diaryl/α,β-unsaturated/α-hetero) is 1. The number of ketones is 1. The van der Waals surface area contributed by atoms with Crippen LogP contribution >= 0.6 is 0 Å². The van der Waals surface area contributed by atoms with Crippen molar-refractivity contribution in [2.45, 2.75) is 20.3 Å². The first kappa shape index (κ1) is 11.9. The average Bonchev–Trinajstić information content (AvgIpc) is 2.54. The molecule has 1 aromatic heterocycles. The molecular formula is C14H18N2O. The Morgan fingerprint density at radius 2 is 2.12 bits per heavy atom. The predicted octanol–water partition coefficient (Wildman–Crippen LogP) is 2.19. The minimum absolute atomic E-state index is 0.104. The summed E-state index contributed by atoms with van der Waals surface area (Å²) in [4.78, 5) is 11.4. The highest BCUT2D eigenvalue weighted by molar-refractivity contribution is 5.99. The molecule has 0 unspecified atom stereocenters. The summed E-state index contributed by atoms with van der Waals surface area (Å²) in [7, 11) is 2.05. The van der Waals surface area contributed by atoms with E-state index in [1.807, 2.05) is 25.2 Å². The molecule has 2 N–H and O–H groups in total. The lowest BCUT2D eigenvalue weighted by atomic mass is 10.0. The third-order valence-corrected chi connectivity index (χ3v) is 3.42. The molecule has 1 heterocycles. The first-order chi connectivity index (χ1) is 8.06. The number of rotatable bonds is 3. The largest absolute Gasteiger partial charge is 0.348 e. The molecule has 0 aliphatic rings. The number of carbonyl (C=O) groups excluding carboxylic acids is 1. The zero-order valence-electron chi connectivity index (χ0n) is 10.6. The summed E-state index contributed by atoms with van der Waals surface area (Å²) in [6.07, 6.45) is 0.852. The summed E-state index contributed by atoms with van der Waals surface area (Å²) >= 11 is 0. The molecule has 0 atom stereocenters. The molecule has 0 saturated carbocycles. The molecule has 0 bridgehead atoms. The van der Waals surface area contributed by atoms with E-state index in [9.17, 15) is 4.79 Å². The highest BCUT2D eigenvalue weighted by atomic mass is 16.1. The smallest absolute Gasteiger partial charge is 0.159 e. The Kier molecular flexibility index (Phi) is 3.03. The van der Waals surface area contributed by atoms with Gasteiger partial charge in [0.2, 0.25) is 0 Å². The lowest BCUT2D eigenvalue weighted by Gasteiger charge is -2.00. The van der Waals surface area contributed by atoms with Crippen LogP contribution in [0.4, 0.5) is 0 Å². The van der Waals surface area contributed by atoms with Crippen molar-refractivity contribution in [3.05, 3.63) is 35.0 Å². The van der Waals surface area contributed by atoms with Crippen LogP contribution in [-0.4, -0.2) is 16.9 Å². The third-order valence-electron chi connectivity index (χ3n) is 3.42. The Hall–Kier alpha value is -1.61. The third kappa shape index (κ3) is 1.87. The number of carbonyl (C=O) groups is 1. The normalized spacial score (nSPS) is 11.1.